The van der Waals surface area contributed by atoms with Crippen molar-refractivity contribution >= 4 is 45.0 Å². The number of carbonyl (C=O) groups excluding carboxylic acids is 1. The first-order chi connectivity index (χ1) is 16.2. The highest BCUT2D eigenvalue weighted by atomic mass is 35.5. The van der Waals surface area contributed by atoms with Crippen molar-refractivity contribution in [3.63, 3.8) is 0 Å². The Kier molecular flexibility index (Phi) is 9.05. The van der Waals surface area contributed by atoms with Crippen molar-refractivity contribution in [2.24, 2.45) is 0 Å². The summed E-state index contributed by atoms with van der Waals surface area (Å²) in [5.74, 6) is 1.22. The van der Waals surface area contributed by atoms with Crippen LogP contribution in [0.4, 0.5) is 5.69 Å². The number of nitrogens with zero attached hydrogens (tertiary/aromatic N) is 1. The number of halogens is 1. The van der Waals surface area contributed by atoms with E-state index in [1.165, 1.54) is 11.1 Å². The van der Waals surface area contributed by atoms with Gasteiger partial charge in [0.05, 0.1) is 10.6 Å². The Hall–Kier alpha value is -2.48. The van der Waals surface area contributed by atoms with E-state index in [1.807, 2.05) is 6.92 Å². The molecule has 0 aliphatic rings. The van der Waals surface area contributed by atoms with Crippen LogP contribution in [0.3, 0.4) is 0 Å². The largest absolute Gasteiger partial charge is 0.354 e. The molecule has 1 N–H and O–H groups in total. The number of aryl methyl sites for hydroxylation is 3. The van der Waals surface area contributed by atoms with Crippen molar-refractivity contribution in [3.05, 3.63) is 94.0 Å². The van der Waals surface area contributed by atoms with Gasteiger partial charge in [0.25, 0.3) is 10.0 Å². The molecule has 0 saturated carbocycles. The first-order valence-electron chi connectivity index (χ1n) is 10.9. The van der Waals surface area contributed by atoms with Crippen LogP contribution < -0.4 is 9.62 Å². The second kappa shape index (κ2) is 11.8. The van der Waals surface area contributed by atoms with Gasteiger partial charge < -0.3 is 5.32 Å². The van der Waals surface area contributed by atoms with E-state index in [-0.39, 0.29) is 17.3 Å². The summed E-state index contributed by atoms with van der Waals surface area (Å²) in [6, 6.07) is 19.9. The summed E-state index contributed by atoms with van der Waals surface area (Å²) in [7, 11) is -3.95. The Labute approximate surface area is 211 Å². The molecule has 0 aliphatic carbocycles. The fourth-order valence-corrected chi connectivity index (χ4v) is 5.89. The third kappa shape index (κ3) is 7.01. The zero-order valence-electron chi connectivity index (χ0n) is 19.5. The SMILES string of the molecule is Cc1ccc(CSCCNC(=O)CN(c2ccc(Cl)cc2C)S(=O)(=O)c2ccc(C)cc2)cc1. The van der Waals surface area contributed by atoms with E-state index in [0.29, 0.717) is 22.8 Å². The van der Waals surface area contributed by atoms with Gasteiger partial charge in [-0.1, -0.05) is 59.1 Å². The van der Waals surface area contributed by atoms with E-state index in [0.717, 1.165) is 21.4 Å². The van der Waals surface area contributed by atoms with Gasteiger partial charge in [-0.2, -0.15) is 11.8 Å². The van der Waals surface area contributed by atoms with Gasteiger partial charge in [-0.3, -0.25) is 9.10 Å². The minimum absolute atomic E-state index is 0.133. The Bertz CT molecular complexity index is 1230. The minimum atomic E-state index is -3.95. The molecule has 3 rings (SSSR count). The number of nitrogens with one attached hydrogen (secondary N) is 1. The van der Waals surface area contributed by atoms with Gasteiger partial charge in [0.15, 0.2) is 0 Å². The number of rotatable bonds is 10. The first-order valence-corrected chi connectivity index (χ1v) is 13.9. The maximum absolute atomic E-state index is 13.5. The molecule has 0 bridgehead atoms. The first kappa shape index (κ1) is 26.1. The van der Waals surface area contributed by atoms with Crippen LogP contribution in [-0.4, -0.2) is 33.2 Å². The number of hydrogen-bond donors (Lipinski definition) is 1. The van der Waals surface area contributed by atoms with Gasteiger partial charge >= 0.3 is 0 Å². The molecular weight excluding hydrogens is 488 g/mol. The van der Waals surface area contributed by atoms with Crippen LogP contribution in [0.1, 0.15) is 22.3 Å². The zero-order valence-corrected chi connectivity index (χ0v) is 21.9. The van der Waals surface area contributed by atoms with E-state index in [9.17, 15) is 13.2 Å². The fraction of sp³-hybridized carbons (Fsp3) is 0.269. The summed E-state index contributed by atoms with van der Waals surface area (Å²) in [5, 5.41) is 3.35. The normalized spacial score (nSPS) is 11.3. The van der Waals surface area contributed by atoms with Crippen molar-refractivity contribution in [1.29, 1.82) is 0 Å². The quantitative estimate of drug-likeness (QED) is 0.361. The summed E-state index contributed by atoms with van der Waals surface area (Å²) < 4.78 is 28.1. The molecule has 0 radical (unpaired) electrons. The average molecular weight is 517 g/mol. The van der Waals surface area contributed by atoms with Gasteiger partial charge in [0.2, 0.25) is 5.91 Å². The van der Waals surface area contributed by atoms with E-state index < -0.39 is 10.0 Å². The smallest absolute Gasteiger partial charge is 0.264 e. The summed E-state index contributed by atoms with van der Waals surface area (Å²) in [6.45, 7) is 5.86. The van der Waals surface area contributed by atoms with Crippen LogP contribution in [0.25, 0.3) is 0 Å². The third-order valence-electron chi connectivity index (χ3n) is 5.28. The molecule has 34 heavy (non-hydrogen) atoms. The number of thioether (sulfide) groups is 1. The van der Waals surface area contributed by atoms with Crippen LogP contribution in [0.5, 0.6) is 0 Å². The summed E-state index contributed by atoms with van der Waals surface area (Å²) >= 11 is 7.79. The maximum atomic E-state index is 13.5. The molecule has 180 valence electrons. The van der Waals surface area contributed by atoms with Crippen molar-refractivity contribution in [1.82, 2.24) is 5.32 Å². The molecule has 5 nitrogen and oxygen atoms in total. The lowest BCUT2D eigenvalue weighted by Gasteiger charge is -2.26. The monoisotopic (exact) mass is 516 g/mol. The Morgan fingerprint density at radius 2 is 1.56 bits per heavy atom. The molecule has 0 aromatic heterocycles. The molecule has 1 amide bonds. The van der Waals surface area contributed by atoms with Crippen LogP contribution in [0, 0.1) is 20.8 Å². The molecule has 8 heteroatoms. The minimum Gasteiger partial charge on any atom is -0.354 e. The molecule has 0 atom stereocenters. The van der Waals surface area contributed by atoms with E-state index >= 15 is 0 Å². The van der Waals surface area contributed by atoms with Crippen molar-refractivity contribution in [2.45, 2.75) is 31.4 Å². The number of hydrogen-bond acceptors (Lipinski definition) is 4. The molecule has 0 unspecified atom stereocenters. The number of anilines is 1. The van der Waals surface area contributed by atoms with E-state index in [2.05, 4.69) is 36.5 Å². The Morgan fingerprint density at radius 1 is 0.941 bits per heavy atom. The van der Waals surface area contributed by atoms with Crippen molar-refractivity contribution in [2.75, 3.05) is 23.1 Å². The van der Waals surface area contributed by atoms with Gasteiger partial charge in [0.1, 0.15) is 6.54 Å². The highest BCUT2D eigenvalue weighted by Gasteiger charge is 2.28. The molecule has 0 aliphatic heterocycles. The zero-order chi connectivity index (χ0) is 24.7. The van der Waals surface area contributed by atoms with E-state index in [4.69, 9.17) is 11.6 Å². The van der Waals surface area contributed by atoms with Gasteiger partial charge in [-0.25, -0.2) is 8.42 Å². The number of sulfonamides is 1. The van der Waals surface area contributed by atoms with Crippen LogP contribution in [-0.2, 0) is 20.6 Å². The predicted octanol–water partition coefficient (Wildman–Crippen LogP) is 5.51. The second-order valence-electron chi connectivity index (χ2n) is 8.14. The molecule has 3 aromatic rings. The number of benzene rings is 3. The molecular formula is C26H29ClN2O3S2. The molecule has 0 heterocycles. The topological polar surface area (TPSA) is 66.5 Å². The summed E-state index contributed by atoms with van der Waals surface area (Å²) in [4.78, 5) is 12.9. The van der Waals surface area contributed by atoms with Gasteiger partial charge in [-0.05, 0) is 62.2 Å². The summed E-state index contributed by atoms with van der Waals surface area (Å²) in [6.07, 6.45) is 0. The number of amides is 1. The van der Waals surface area contributed by atoms with Crippen molar-refractivity contribution < 1.29 is 13.2 Å². The maximum Gasteiger partial charge on any atom is 0.264 e. The highest BCUT2D eigenvalue weighted by Crippen LogP contribution is 2.29. The molecule has 0 spiro atoms. The lowest BCUT2D eigenvalue weighted by molar-refractivity contribution is -0.119. The molecule has 0 saturated heterocycles. The van der Waals surface area contributed by atoms with Crippen molar-refractivity contribution in [3.8, 4) is 0 Å². The standard InChI is InChI=1S/C26H29ClN2O3S2/c1-19-4-8-22(9-5-19)18-33-15-14-28-26(30)17-29(25-13-10-23(27)16-21(25)3)34(31,32)24-11-6-20(2)7-12-24/h4-13,16H,14-15,17-18H2,1-3H3,(H,28,30). The van der Waals surface area contributed by atoms with Gasteiger partial charge in [-0.15, -0.1) is 0 Å². The average Bonchev–Trinajstić information content (AvgIpc) is 2.79. The van der Waals surface area contributed by atoms with Crippen LogP contribution >= 0.6 is 23.4 Å². The van der Waals surface area contributed by atoms with Gasteiger partial charge in [0, 0.05) is 23.1 Å². The number of carbonyl (C=O) groups is 1. The van der Waals surface area contributed by atoms with Crippen LogP contribution in [0.2, 0.25) is 5.02 Å². The Balaban J connectivity index is 1.68. The lowest BCUT2D eigenvalue weighted by Crippen LogP contribution is -2.41. The molecule has 3 aromatic carbocycles. The lowest BCUT2D eigenvalue weighted by atomic mass is 10.2. The summed E-state index contributed by atoms with van der Waals surface area (Å²) in [5.41, 5.74) is 4.50. The van der Waals surface area contributed by atoms with E-state index in [1.54, 1.807) is 61.2 Å². The highest BCUT2D eigenvalue weighted by molar-refractivity contribution is 7.98. The fourth-order valence-electron chi connectivity index (χ4n) is 3.36. The molecule has 0 fully saturated rings. The predicted molar refractivity (Wildman–Crippen MR) is 142 cm³/mol. The third-order valence-corrected chi connectivity index (χ3v) is 8.32. The Morgan fingerprint density at radius 3 is 2.18 bits per heavy atom. The van der Waals surface area contributed by atoms with Crippen LogP contribution in [0.15, 0.2) is 71.6 Å². The second-order valence-corrected chi connectivity index (χ2v) is 11.5.